The summed E-state index contributed by atoms with van der Waals surface area (Å²) >= 11 is 0. The Bertz CT molecular complexity index is 1670. The molecule has 0 radical (unpaired) electrons. The number of aromatic hydroxyl groups is 1. The molecular weight excluding hydrogens is 456 g/mol. The number of phenolic OH excluding ortho intramolecular Hbond substituents is 1. The standard InChI is InChI=1S/C29H20N2O5/c32-28-23(14-20(15-26(28)31(34)35)13-19-7-2-1-3-8-19)18-30-24-11-6-10-21(16-24)25-17-22-9-4-5-12-27(22)36-29(25)33/h1-12,14-18,32H,13H2. The van der Waals surface area contributed by atoms with Crippen molar-refractivity contribution in [1.29, 1.82) is 0 Å². The molecule has 0 unspecified atom stereocenters. The van der Waals surface area contributed by atoms with Crippen molar-refractivity contribution in [2.75, 3.05) is 0 Å². The van der Waals surface area contributed by atoms with Gasteiger partial charge in [-0.15, -0.1) is 0 Å². The van der Waals surface area contributed by atoms with E-state index in [0.29, 0.717) is 34.4 Å². The first-order valence-corrected chi connectivity index (χ1v) is 11.2. The van der Waals surface area contributed by atoms with Crippen molar-refractivity contribution < 1.29 is 14.4 Å². The van der Waals surface area contributed by atoms with Gasteiger partial charge in [0.2, 0.25) is 5.75 Å². The number of nitro benzene ring substituents is 1. The lowest BCUT2D eigenvalue weighted by molar-refractivity contribution is -0.385. The number of nitro groups is 1. The van der Waals surface area contributed by atoms with Gasteiger partial charge in [-0.25, -0.2) is 4.79 Å². The van der Waals surface area contributed by atoms with Crippen molar-refractivity contribution in [1.82, 2.24) is 0 Å². The Morgan fingerprint density at radius 2 is 1.67 bits per heavy atom. The van der Waals surface area contributed by atoms with Crippen molar-refractivity contribution in [2.24, 2.45) is 4.99 Å². The number of fused-ring (bicyclic) bond motifs is 1. The van der Waals surface area contributed by atoms with Crippen molar-refractivity contribution in [3.8, 4) is 16.9 Å². The number of phenols is 1. The number of hydrogen-bond acceptors (Lipinski definition) is 6. The molecule has 5 rings (SSSR count). The molecule has 0 amide bonds. The van der Waals surface area contributed by atoms with E-state index in [4.69, 9.17) is 4.42 Å². The smallest absolute Gasteiger partial charge is 0.344 e. The van der Waals surface area contributed by atoms with Gasteiger partial charge in [0.25, 0.3) is 0 Å². The van der Waals surface area contributed by atoms with Crippen LogP contribution in [0.1, 0.15) is 16.7 Å². The Morgan fingerprint density at radius 3 is 2.47 bits per heavy atom. The van der Waals surface area contributed by atoms with Gasteiger partial charge in [-0.2, -0.15) is 0 Å². The number of hydrogen-bond donors (Lipinski definition) is 1. The first-order valence-electron chi connectivity index (χ1n) is 11.2. The van der Waals surface area contributed by atoms with Gasteiger partial charge in [0.1, 0.15) is 5.58 Å². The average Bonchev–Trinajstić information content (AvgIpc) is 2.89. The summed E-state index contributed by atoms with van der Waals surface area (Å²) in [5.41, 5.74) is 3.08. The maximum atomic E-state index is 12.6. The normalized spacial score (nSPS) is 11.2. The summed E-state index contributed by atoms with van der Waals surface area (Å²) < 4.78 is 5.44. The summed E-state index contributed by atoms with van der Waals surface area (Å²) in [6.45, 7) is 0. The fourth-order valence-electron chi connectivity index (χ4n) is 4.03. The van der Waals surface area contributed by atoms with Crippen LogP contribution in [-0.2, 0) is 6.42 Å². The van der Waals surface area contributed by atoms with Gasteiger partial charge in [0.15, 0.2) is 0 Å². The molecule has 0 aliphatic carbocycles. The highest BCUT2D eigenvalue weighted by Gasteiger charge is 2.18. The summed E-state index contributed by atoms with van der Waals surface area (Å²) in [7, 11) is 0. The lowest BCUT2D eigenvalue weighted by Crippen LogP contribution is -2.02. The second-order valence-electron chi connectivity index (χ2n) is 8.27. The van der Waals surface area contributed by atoms with Gasteiger partial charge in [-0.3, -0.25) is 15.1 Å². The van der Waals surface area contributed by atoms with E-state index in [0.717, 1.165) is 10.9 Å². The molecule has 0 bridgehead atoms. The van der Waals surface area contributed by atoms with Crippen molar-refractivity contribution >= 4 is 28.6 Å². The topological polar surface area (TPSA) is 106 Å². The Labute approximate surface area is 205 Å². The molecule has 5 aromatic rings. The van der Waals surface area contributed by atoms with Crippen LogP contribution in [0, 0.1) is 10.1 Å². The minimum atomic E-state index is -0.610. The van der Waals surface area contributed by atoms with E-state index in [1.165, 1.54) is 12.3 Å². The molecule has 7 heteroatoms. The third kappa shape index (κ3) is 4.76. The molecule has 0 aliphatic heterocycles. The van der Waals surface area contributed by atoms with Crippen LogP contribution in [0.15, 0.2) is 111 Å². The molecule has 36 heavy (non-hydrogen) atoms. The van der Waals surface area contributed by atoms with Gasteiger partial charge in [-0.1, -0.05) is 60.7 Å². The van der Waals surface area contributed by atoms with E-state index >= 15 is 0 Å². The third-order valence-corrected chi connectivity index (χ3v) is 5.78. The molecule has 0 saturated heterocycles. The summed E-state index contributed by atoms with van der Waals surface area (Å²) in [4.78, 5) is 27.9. The fraction of sp³-hybridized carbons (Fsp3) is 0.0345. The second kappa shape index (κ2) is 9.68. The van der Waals surface area contributed by atoms with Gasteiger partial charge < -0.3 is 9.52 Å². The van der Waals surface area contributed by atoms with Crippen LogP contribution in [0.2, 0.25) is 0 Å². The van der Waals surface area contributed by atoms with Gasteiger partial charge >= 0.3 is 11.3 Å². The molecule has 0 spiro atoms. The van der Waals surface area contributed by atoms with Crippen molar-refractivity contribution in [3.63, 3.8) is 0 Å². The van der Waals surface area contributed by atoms with E-state index in [9.17, 15) is 20.0 Å². The number of para-hydroxylation sites is 1. The first-order chi connectivity index (χ1) is 17.5. The molecule has 0 aliphatic rings. The van der Waals surface area contributed by atoms with E-state index in [1.807, 2.05) is 42.5 Å². The molecule has 176 valence electrons. The molecule has 1 aromatic heterocycles. The van der Waals surface area contributed by atoms with Crippen molar-refractivity contribution in [2.45, 2.75) is 6.42 Å². The number of nitrogens with zero attached hydrogens (tertiary/aromatic N) is 2. The van der Waals surface area contributed by atoms with Crippen LogP contribution >= 0.6 is 0 Å². The van der Waals surface area contributed by atoms with E-state index in [1.54, 1.807) is 48.5 Å². The van der Waals surface area contributed by atoms with Crippen LogP contribution < -0.4 is 5.63 Å². The maximum Gasteiger partial charge on any atom is 0.344 e. The molecule has 1 heterocycles. The minimum Gasteiger partial charge on any atom is -0.502 e. The molecule has 0 fully saturated rings. The zero-order chi connectivity index (χ0) is 25.1. The minimum absolute atomic E-state index is 0.228. The van der Waals surface area contributed by atoms with Gasteiger partial charge in [-0.05, 0) is 53.4 Å². The average molecular weight is 476 g/mol. The Hall–Kier alpha value is -5.04. The highest BCUT2D eigenvalue weighted by Crippen LogP contribution is 2.32. The number of rotatable bonds is 6. The summed E-state index contributed by atoms with van der Waals surface area (Å²) in [5, 5.41) is 22.9. The Balaban J connectivity index is 1.50. The quantitative estimate of drug-likeness (QED) is 0.132. The van der Waals surface area contributed by atoms with E-state index < -0.39 is 16.3 Å². The largest absolute Gasteiger partial charge is 0.502 e. The monoisotopic (exact) mass is 476 g/mol. The second-order valence-corrected chi connectivity index (χ2v) is 8.27. The molecular formula is C29H20N2O5. The summed E-state index contributed by atoms with van der Waals surface area (Å²) in [6.07, 6.45) is 1.86. The SMILES string of the molecule is O=c1oc2ccccc2cc1-c1cccc(N=Cc2cc(Cc3ccccc3)cc([N+](=O)[O-])c2O)c1. The van der Waals surface area contributed by atoms with Crippen molar-refractivity contribution in [3.05, 3.63) is 134 Å². The zero-order valence-corrected chi connectivity index (χ0v) is 19.0. The zero-order valence-electron chi connectivity index (χ0n) is 19.0. The van der Waals surface area contributed by atoms with Gasteiger partial charge in [0, 0.05) is 23.2 Å². The first kappa shape index (κ1) is 22.7. The maximum absolute atomic E-state index is 12.6. The molecule has 1 N–H and O–H groups in total. The Morgan fingerprint density at radius 1 is 0.889 bits per heavy atom. The van der Waals surface area contributed by atoms with Crippen LogP contribution in [0.25, 0.3) is 22.1 Å². The predicted molar refractivity (Wildman–Crippen MR) is 139 cm³/mol. The predicted octanol–water partition coefficient (Wildman–Crippen LogP) is 6.42. The highest BCUT2D eigenvalue weighted by molar-refractivity contribution is 5.88. The highest BCUT2D eigenvalue weighted by atomic mass is 16.6. The van der Waals surface area contributed by atoms with Crippen LogP contribution in [-0.4, -0.2) is 16.2 Å². The van der Waals surface area contributed by atoms with Crippen LogP contribution in [0.4, 0.5) is 11.4 Å². The number of benzene rings is 4. The van der Waals surface area contributed by atoms with E-state index in [-0.39, 0.29) is 11.3 Å². The summed E-state index contributed by atoms with van der Waals surface area (Å²) in [6, 6.07) is 28.6. The van der Waals surface area contributed by atoms with Gasteiger partial charge in [0.05, 0.1) is 16.2 Å². The van der Waals surface area contributed by atoms with E-state index in [2.05, 4.69) is 4.99 Å². The molecule has 0 atom stereocenters. The third-order valence-electron chi connectivity index (χ3n) is 5.78. The fourth-order valence-corrected chi connectivity index (χ4v) is 4.03. The van der Waals surface area contributed by atoms with Crippen LogP contribution in [0.3, 0.4) is 0 Å². The summed E-state index contributed by atoms with van der Waals surface area (Å²) in [5.74, 6) is -0.452. The van der Waals surface area contributed by atoms with Crippen LogP contribution in [0.5, 0.6) is 5.75 Å². The molecule has 7 nitrogen and oxygen atoms in total. The Kier molecular flexibility index (Phi) is 6.11. The number of aliphatic imine (C=N–C) groups is 1. The molecule has 0 saturated carbocycles. The lowest BCUT2D eigenvalue weighted by Gasteiger charge is -2.07. The molecule has 4 aromatic carbocycles. The lowest BCUT2D eigenvalue weighted by atomic mass is 10.0.